The molecular weight excluding hydrogens is 483 g/mol. The lowest BCUT2D eigenvalue weighted by Gasteiger charge is -2.19. The van der Waals surface area contributed by atoms with E-state index in [0.717, 1.165) is 36.2 Å². The summed E-state index contributed by atoms with van der Waals surface area (Å²) in [6, 6.07) is 22.5. The van der Waals surface area contributed by atoms with Gasteiger partial charge in [-0.2, -0.15) is 5.26 Å². The van der Waals surface area contributed by atoms with Crippen molar-refractivity contribution >= 4 is 34.9 Å². The van der Waals surface area contributed by atoms with E-state index in [4.69, 9.17) is 33.2 Å². The standard InChI is InChI=1S/C27H28Cl2N4O2/c1-35-12-11-31-10-9-23(18-32-27(34)33-26-15-24(28)14-25(29)16-26)21-7-5-20(6-8-21)22-4-2-3-19(13-22)17-30/h2-8,13-16,23,31H,9-12,18H2,1H3,(H2,32,33,34). The quantitative estimate of drug-likeness (QED) is 0.273. The van der Waals surface area contributed by atoms with E-state index in [0.29, 0.717) is 34.4 Å². The summed E-state index contributed by atoms with van der Waals surface area (Å²) < 4.78 is 5.09. The maximum absolute atomic E-state index is 12.5. The van der Waals surface area contributed by atoms with Gasteiger partial charge in [0, 0.05) is 41.8 Å². The highest BCUT2D eigenvalue weighted by Crippen LogP contribution is 2.26. The minimum Gasteiger partial charge on any atom is -0.383 e. The largest absolute Gasteiger partial charge is 0.383 e. The molecule has 182 valence electrons. The van der Waals surface area contributed by atoms with Crippen LogP contribution in [0.5, 0.6) is 0 Å². The molecule has 0 spiro atoms. The fourth-order valence-corrected chi connectivity index (χ4v) is 4.22. The van der Waals surface area contributed by atoms with Crippen LogP contribution in [0.1, 0.15) is 23.5 Å². The fraction of sp³-hybridized carbons (Fsp3) is 0.259. The number of hydrogen-bond donors (Lipinski definition) is 3. The van der Waals surface area contributed by atoms with Crippen LogP contribution < -0.4 is 16.0 Å². The van der Waals surface area contributed by atoms with Crippen LogP contribution in [0.25, 0.3) is 11.1 Å². The summed E-state index contributed by atoms with van der Waals surface area (Å²) >= 11 is 12.0. The van der Waals surface area contributed by atoms with Crippen LogP contribution in [-0.2, 0) is 4.74 Å². The summed E-state index contributed by atoms with van der Waals surface area (Å²) in [4.78, 5) is 12.5. The van der Waals surface area contributed by atoms with Gasteiger partial charge in [-0.05, 0) is 60.0 Å². The molecule has 8 heteroatoms. The number of methoxy groups -OCH3 is 1. The second kappa shape index (κ2) is 13.7. The topological polar surface area (TPSA) is 86.2 Å². The normalized spacial score (nSPS) is 11.5. The predicted molar refractivity (Wildman–Crippen MR) is 142 cm³/mol. The van der Waals surface area contributed by atoms with Crippen molar-refractivity contribution in [1.82, 2.24) is 10.6 Å². The Morgan fingerprint density at radius 3 is 2.43 bits per heavy atom. The number of nitrogens with zero attached hydrogens (tertiary/aromatic N) is 1. The summed E-state index contributed by atoms with van der Waals surface area (Å²) in [5, 5.41) is 19.2. The predicted octanol–water partition coefficient (Wildman–Crippen LogP) is 6.06. The Bertz CT molecular complexity index is 1140. The first kappa shape index (κ1) is 26.5. The highest BCUT2D eigenvalue weighted by molar-refractivity contribution is 6.35. The Morgan fingerprint density at radius 1 is 1.00 bits per heavy atom. The van der Waals surface area contributed by atoms with Crippen molar-refractivity contribution < 1.29 is 9.53 Å². The molecule has 0 fully saturated rings. The number of halogens is 2. The third-order valence-electron chi connectivity index (χ3n) is 5.49. The highest BCUT2D eigenvalue weighted by atomic mass is 35.5. The average molecular weight is 511 g/mol. The van der Waals surface area contributed by atoms with Crippen LogP contribution in [0.3, 0.4) is 0 Å². The van der Waals surface area contributed by atoms with Crippen molar-refractivity contribution in [2.24, 2.45) is 0 Å². The molecule has 0 aromatic heterocycles. The molecule has 0 aliphatic carbocycles. The summed E-state index contributed by atoms with van der Waals surface area (Å²) in [6.07, 6.45) is 0.830. The van der Waals surface area contributed by atoms with E-state index >= 15 is 0 Å². The molecule has 0 saturated heterocycles. The Kier molecular flexibility index (Phi) is 10.4. The minimum absolute atomic E-state index is 0.0956. The molecule has 6 nitrogen and oxygen atoms in total. The molecule has 1 atom stereocenters. The second-order valence-corrected chi connectivity index (χ2v) is 8.91. The molecule has 3 N–H and O–H groups in total. The molecule has 0 saturated carbocycles. The summed E-state index contributed by atoms with van der Waals surface area (Å²) in [5.74, 6) is 0.0956. The van der Waals surface area contributed by atoms with Gasteiger partial charge >= 0.3 is 6.03 Å². The van der Waals surface area contributed by atoms with E-state index in [1.807, 2.05) is 30.3 Å². The molecule has 0 radical (unpaired) electrons. The van der Waals surface area contributed by atoms with E-state index < -0.39 is 0 Å². The van der Waals surface area contributed by atoms with Crippen LogP contribution in [0.4, 0.5) is 10.5 Å². The van der Waals surface area contributed by atoms with Gasteiger partial charge in [-0.1, -0.05) is 59.6 Å². The molecule has 3 aromatic carbocycles. The van der Waals surface area contributed by atoms with Gasteiger partial charge in [0.1, 0.15) is 0 Å². The van der Waals surface area contributed by atoms with Crippen molar-refractivity contribution in [3.63, 3.8) is 0 Å². The van der Waals surface area contributed by atoms with Gasteiger partial charge in [-0.3, -0.25) is 0 Å². The molecule has 0 aliphatic rings. The summed E-state index contributed by atoms with van der Waals surface area (Å²) in [7, 11) is 1.67. The number of ether oxygens (including phenoxy) is 1. The maximum Gasteiger partial charge on any atom is 0.319 e. The second-order valence-electron chi connectivity index (χ2n) is 8.04. The van der Waals surface area contributed by atoms with Crippen LogP contribution in [0, 0.1) is 11.3 Å². The molecule has 1 unspecified atom stereocenters. The van der Waals surface area contributed by atoms with Gasteiger partial charge in [-0.15, -0.1) is 0 Å². The molecule has 35 heavy (non-hydrogen) atoms. The van der Waals surface area contributed by atoms with E-state index in [1.165, 1.54) is 0 Å². The zero-order valence-corrected chi connectivity index (χ0v) is 21.0. The van der Waals surface area contributed by atoms with Crippen molar-refractivity contribution in [1.29, 1.82) is 5.26 Å². The average Bonchev–Trinajstić information content (AvgIpc) is 2.85. The smallest absolute Gasteiger partial charge is 0.319 e. The molecule has 0 aliphatic heterocycles. The first-order chi connectivity index (χ1) is 17.0. The maximum atomic E-state index is 12.5. The number of rotatable bonds is 11. The number of carbonyl (C=O) groups excluding carboxylic acids is 1. The van der Waals surface area contributed by atoms with Crippen LogP contribution in [-0.4, -0.2) is 39.4 Å². The number of urea groups is 1. The third-order valence-corrected chi connectivity index (χ3v) is 5.93. The van der Waals surface area contributed by atoms with E-state index in [1.54, 1.807) is 31.4 Å². The molecule has 0 bridgehead atoms. The lowest BCUT2D eigenvalue weighted by atomic mass is 9.93. The number of amides is 2. The Hall–Kier alpha value is -3.08. The lowest BCUT2D eigenvalue weighted by molar-refractivity contribution is 0.199. The lowest BCUT2D eigenvalue weighted by Crippen LogP contribution is -2.33. The van der Waals surface area contributed by atoms with Crippen molar-refractivity contribution in [2.75, 3.05) is 38.7 Å². The number of nitriles is 1. The van der Waals surface area contributed by atoms with E-state index in [-0.39, 0.29) is 11.9 Å². The number of hydrogen-bond acceptors (Lipinski definition) is 4. The monoisotopic (exact) mass is 510 g/mol. The van der Waals surface area contributed by atoms with Gasteiger partial charge in [0.05, 0.1) is 18.2 Å². The molecular formula is C27H28Cl2N4O2. The molecule has 3 rings (SSSR count). The van der Waals surface area contributed by atoms with Gasteiger partial charge in [-0.25, -0.2) is 4.79 Å². The minimum atomic E-state index is -0.328. The van der Waals surface area contributed by atoms with Crippen LogP contribution >= 0.6 is 23.2 Å². The Labute approximate surface area is 216 Å². The SMILES string of the molecule is COCCNCCC(CNC(=O)Nc1cc(Cl)cc(Cl)c1)c1ccc(-c2cccc(C#N)c2)cc1. The zero-order chi connectivity index (χ0) is 25.0. The van der Waals surface area contributed by atoms with Gasteiger partial charge in [0.2, 0.25) is 0 Å². The van der Waals surface area contributed by atoms with E-state index in [9.17, 15) is 4.79 Å². The Balaban J connectivity index is 1.67. The van der Waals surface area contributed by atoms with Gasteiger partial charge < -0.3 is 20.7 Å². The van der Waals surface area contributed by atoms with Crippen molar-refractivity contribution in [3.8, 4) is 17.2 Å². The van der Waals surface area contributed by atoms with Gasteiger partial charge in [0.25, 0.3) is 0 Å². The first-order valence-corrected chi connectivity index (χ1v) is 12.0. The van der Waals surface area contributed by atoms with Crippen molar-refractivity contribution in [2.45, 2.75) is 12.3 Å². The number of nitrogens with one attached hydrogen (secondary N) is 3. The number of benzene rings is 3. The Morgan fingerprint density at radius 2 is 1.74 bits per heavy atom. The molecule has 3 aromatic rings. The van der Waals surface area contributed by atoms with Crippen molar-refractivity contribution in [3.05, 3.63) is 87.9 Å². The van der Waals surface area contributed by atoms with Crippen LogP contribution in [0.2, 0.25) is 10.0 Å². The zero-order valence-electron chi connectivity index (χ0n) is 19.5. The summed E-state index contributed by atoms with van der Waals surface area (Å²) in [5.41, 5.74) is 4.30. The molecule has 0 heterocycles. The van der Waals surface area contributed by atoms with Gasteiger partial charge in [0.15, 0.2) is 0 Å². The van der Waals surface area contributed by atoms with E-state index in [2.05, 4.69) is 34.2 Å². The number of anilines is 1. The van der Waals surface area contributed by atoms with Crippen LogP contribution in [0.15, 0.2) is 66.7 Å². The summed E-state index contributed by atoms with van der Waals surface area (Å²) in [6.45, 7) is 2.65. The number of carbonyl (C=O) groups is 1. The highest BCUT2D eigenvalue weighted by Gasteiger charge is 2.14. The first-order valence-electron chi connectivity index (χ1n) is 11.3. The molecule has 2 amide bonds. The fourth-order valence-electron chi connectivity index (χ4n) is 3.70. The third kappa shape index (κ3) is 8.57.